The summed E-state index contributed by atoms with van der Waals surface area (Å²) < 4.78 is 0. The van der Waals surface area contributed by atoms with Crippen molar-refractivity contribution < 1.29 is 0 Å². The standard InChI is InChI=1S/C12H26N4/c1-10-9-15(4)7-8-16(10)6-5-12(2,3)11(13)14/h10H,5-9H2,1-4H3,(H3,13,14). The first kappa shape index (κ1) is 13.5. The normalized spacial score (nSPS) is 24.6. The van der Waals surface area contributed by atoms with Gasteiger partial charge in [0.2, 0.25) is 0 Å². The van der Waals surface area contributed by atoms with Gasteiger partial charge in [-0.2, -0.15) is 0 Å². The van der Waals surface area contributed by atoms with Crippen LogP contribution < -0.4 is 5.73 Å². The zero-order chi connectivity index (χ0) is 12.3. The Balaban J connectivity index is 2.41. The lowest BCUT2D eigenvalue weighted by molar-refractivity contribution is 0.0929. The van der Waals surface area contributed by atoms with Crippen molar-refractivity contribution in [1.29, 1.82) is 5.41 Å². The van der Waals surface area contributed by atoms with Gasteiger partial charge in [-0.25, -0.2) is 0 Å². The lowest BCUT2D eigenvalue weighted by Crippen LogP contribution is -2.51. The Kier molecular flexibility index (Phi) is 4.33. The van der Waals surface area contributed by atoms with Crippen LogP contribution in [0.25, 0.3) is 0 Å². The third-order valence-corrected chi connectivity index (χ3v) is 3.72. The summed E-state index contributed by atoms with van der Waals surface area (Å²) in [4.78, 5) is 4.88. The maximum Gasteiger partial charge on any atom is 0.0963 e. The van der Waals surface area contributed by atoms with Crippen molar-refractivity contribution in [3.8, 4) is 0 Å². The minimum Gasteiger partial charge on any atom is -0.387 e. The fraction of sp³-hybridized carbons (Fsp3) is 0.917. The van der Waals surface area contributed by atoms with E-state index in [2.05, 4.69) is 37.6 Å². The van der Waals surface area contributed by atoms with Crippen molar-refractivity contribution in [1.82, 2.24) is 9.80 Å². The molecule has 1 aliphatic heterocycles. The molecule has 0 aromatic rings. The SMILES string of the molecule is CC1CN(C)CCN1CCC(C)(C)C(=N)N. The number of piperazine rings is 1. The predicted molar refractivity (Wildman–Crippen MR) is 68.8 cm³/mol. The zero-order valence-electron chi connectivity index (χ0n) is 11.1. The van der Waals surface area contributed by atoms with Crippen LogP contribution in [0.2, 0.25) is 0 Å². The molecule has 3 N–H and O–H groups in total. The smallest absolute Gasteiger partial charge is 0.0963 e. The van der Waals surface area contributed by atoms with E-state index in [0.717, 1.165) is 32.6 Å². The molecule has 0 aliphatic carbocycles. The summed E-state index contributed by atoms with van der Waals surface area (Å²) in [7, 11) is 2.17. The first-order valence-electron chi connectivity index (χ1n) is 6.10. The number of likely N-dealkylation sites (N-methyl/N-ethyl adjacent to an activating group) is 1. The Labute approximate surface area is 99.3 Å². The van der Waals surface area contributed by atoms with E-state index in [1.165, 1.54) is 0 Å². The minimum absolute atomic E-state index is 0.164. The molecule has 0 amide bonds. The van der Waals surface area contributed by atoms with Crippen molar-refractivity contribution in [2.45, 2.75) is 33.2 Å². The minimum atomic E-state index is -0.164. The van der Waals surface area contributed by atoms with E-state index < -0.39 is 0 Å². The van der Waals surface area contributed by atoms with Gasteiger partial charge in [0.05, 0.1) is 5.84 Å². The summed E-state index contributed by atoms with van der Waals surface area (Å²) in [5, 5.41) is 7.55. The fourth-order valence-corrected chi connectivity index (χ4v) is 2.07. The van der Waals surface area contributed by atoms with E-state index in [9.17, 15) is 0 Å². The van der Waals surface area contributed by atoms with Crippen LogP contribution in [0.15, 0.2) is 0 Å². The van der Waals surface area contributed by atoms with Crippen LogP contribution in [0.4, 0.5) is 0 Å². The van der Waals surface area contributed by atoms with Crippen LogP contribution in [-0.2, 0) is 0 Å². The largest absolute Gasteiger partial charge is 0.387 e. The summed E-state index contributed by atoms with van der Waals surface area (Å²) in [6.45, 7) is 10.8. The van der Waals surface area contributed by atoms with Crippen LogP contribution in [0.3, 0.4) is 0 Å². The van der Waals surface area contributed by atoms with Crippen molar-refractivity contribution >= 4 is 5.84 Å². The highest BCUT2D eigenvalue weighted by Gasteiger charge is 2.26. The highest BCUT2D eigenvalue weighted by Crippen LogP contribution is 2.21. The average Bonchev–Trinajstić information content (AvgIpc) is 2.16. The summed E-state index contributed by atoms with van der Waals surface area (Å²) in [5.41, 5.74) is 5.44. The average molecular weight is 226 g/mol. The molecule has 0 radical (unpaired) electrons. The van der Waals surface area contributed by atoms with Crippen LogP contribution in [0, 0.1) is 10.8 Å². The summed E-state index contributed by atoms with van der Waals surface area (Å²) >= 11 is 0. The van der Waals surface area contributed by atoms with E-state index >= 15 is 0 Å². The lowest BCUT2D eigenvalue weighted by atomic mass is 9.87. The lowest BCUT2D eigenvalue weighted by Gasteiger charge is -2.39. The molecule has 0 aromatic carbocycles. The van der Waals surface area contributed by atoms with Crippen molar-refractivity contribution in [3.63, 3.8) is 0 Å². The highest BCUT2D eigenvalue weighted by molar-refractivity contribution is 5.82. The Morgan fingerprint density at radius 1 is 1.44 bits per heavy atom. The van der Waals surface area contributed by atoms with Gasteiger partial charge in [0, 0.05) is 31.1 Å². The van der Waals surface area contributed by atoms with Gasteiger partial charge in [-0.05, 0) is 26.9 Å². The molecule has 0 bridgehead atoms. The van der Waals surface area contributed by atoms with Crippen LogP contribution in [0.1, 0.15) is 27.2 Å². The van der Waals surface area contributed by atoms with Crippen molar-refractivity contribution in [2.75, 3.05) is 33.2 Å². The van der Waals surface area contributed by atoms with Crippen LogP contribution in [0.5, 0.6) is 0 Å². The Bertz CT molecular complexity index is 249. The highest BCUT2D eigenvalue weighted by atomic mass is 15.3. The molecule has 1 fully saturated rings. The monoisotopic (exact) mass is 226 g/mol. The van der Waals surface area contributed by atoms with E-state index in [-0.39, 0.29) is 5.41 Å². The van der Waals surface area contributed by atoms with E-state index in [1.54, 1.807) is 0 Å². The summed E-state index contributed by atoms with van der Waals surface area (Å²) in [6, 6.07) is 0.613. The van der Waals surface area contributed by atoms with Crippen molar-refractivity contribution in [3.05, 3.63) is 0 Å². The molecule has 1 unspecified atom stereocenters. The number of hydrogen-bond donors (Lipinski definition) is 2. The van der Waals surface area contributed by atoms with Crippen molar-refractivity contribution in [2.24, 2.45) is 11.1 Å². The second-order valence-electron chi connectivity index (χ2n) is 5.69. The molecule has 1 rings (SSSR count). The molecule has 4 heteroatoms. The molecule has 0 saturated carbocycles. The predicted octanol–water partition coefficient (Wildman–Crippen LogP) is 0.975. The Morgan fingerprint density at radius 3 is 2.56 bits per heavy atom. The molecular formula is C12H26N4. The topological polar surface area (TPSA) is 56.4 Å². The second-order valence-corrected chi connectivity index (χ2v) is 5.69. The number of amidine groups is 1. The maximum absolute atomic E-state index is 7.55. The van der Waals surface area contributed by atoms with Gasteiger partial charge in [0.15, 0.2) is 0 Å². The van der Waals surface area contributed by atoms with Gasteiger partial charge in [-0.1, -0.05) is 13.8 Å². The second kappa shape index (κ2) is 5.15. The van der Waals surface area contributed by atoms with Crippen LogP contribution >= 0.6 is 0 Å². The van der Waals surface area contributed by atoms with E-state index in [1.807, 2.05) is 0 Å². The molecular weight excluding hydrogens is 200 g/mol. The molecule has 1 atom stereocenters. The number of nitrogens with two attached hydrogens (primary N) is 1. The quantitative estimate of drug-likeness (QED) is 0.555. The van der Waals surface area contributed by atoms with Gasteiger partial charge >= 0.3 is 0 Å². The van der Waals surface area contributed by atoms with E-state index in [4.69, 9.17) is 11.1 Å². The third-order valence-electron chi connectivity index (χ3n) is 3.72. The first-order valence-corrected chi connectivity index (χ1v) is 6.10. The molecule has 94 valence electrons. The first-order chi connectivity index (χ1) is 7.33. The zero-order valence-corrected chi connectivity index (χ0v) is 11.1. The number of nitrogens with one attached hydrogen (secondary N) is 1. The number of rotatable bonds is 4. The van der Waals surface area contributed by atoms with Crippen LogP contribution in [-0.4, -0.2) is 54.9 Å². The van der Waals surface area contributed by atoms with Gasteiger partial charge in [0.1, 0.15) is 0 Å². The number of hydrogen-bond acceptors (Lipinski definition) is 3. The molecule has 4 nitrogen and oxygen atoms in total. The molecule has 0 spiro atoms. The van der Waals surface area contributed by atoms with Gasteiger partial charge in [0.25, 0.3) is 0 Å². The molecule has 16 heavy (non-hydrogen) atoms. The fourth-order valence-electron chi connectivity index (χ4n) is 2.07. The summed E-state index contributed by atoms with van der Waals surface area (Å²) in [5.74, 6) is 0.300. The third kappa shape index (κ3) is 3.46. The van der Waals surface area contributed by atoms with Gasteiger partial charge in [-0.3, -0.25) is 10.3 Å². The Hall–Kier alpha value is -0.610. The molecule has 0 aromatic heterocycles. The maximum atomic E-state index is 7.55. The van der Waals surface area contributed by atoms with Gasteiger partial charge in [-0.15, -0.1) is 0 Å². The van der Waals surface area contributed by atoms with E-state index in [0.29, 0.717) is 11.9 Å². The summed E-state index contributed by atoms with van der Waals surface area (Å²) in [6.07, 6.45) is 0.969. The van der Waals surface area contributed by atoms with Gasteiger partial charge < -0.3 is 10.6 Å². The number of nitrogens with zero attached hydrogens (tertiary/aromatic N) is 2. The molecule has 1 heterocycles. The molecule has 1 aliphatic rings. The Morgan fingerprint density at radius 2 is 2.06 bits per heavy atom. The molecule has 1 saturated heterocycles.